The van der Waals surface area contributed by atoms with Crippen LogP contribution < -0.4 is 5.32 Å². The maximum absolute atomic E-state index is 8.55. The van der Waals surface area contributed by atoms with Crippen molar-refractivity contribution in [2.45, 2.75) is 31.7 Å². The molecule has 1 atom stereocenters. The molecule has 0 radical (unpaired) electrons. The highest BCUT2D eigenvalue weighted by atomic mass is 14.9. The fourth-order valence-corrected chi connectivity index (χ4v) is 1.08. The van der Waals surface area contributed by atoms with Crippen molar-refractivity contribution in [2.75, 3.05) is 7.05 Å². The topological polar surface area (TPSA) is 35.8 Å². The molecule has 1 unspecified atom stereocenters. The minimum atomic E-state index is 0.0839. The molecule has 0 aromatic heterocycles. The Morgan fingerprint density at radius 1 is 1.70 bits per heavy atom. The van der Waals surface area contributed by atoms with Gasteiger partial charge in [-0.2, -0.15) is 5.26 Å². The standard InChI is InChI=1S/C8H14N2/c1-10-8(6-9)5-4-7-2-3-7/h7-8,10H,2-5H2,1H3. The Kier molecular flexibility index (Phi) is 2.70. The van der Waals surface area contributed by atoms with E-state index in [1.54, 1.807) is 0 Å². The van der Waals surface area contributed by atoms with Crippen molar-refractivity contribution in [1.29, 1.82) is 5.26 Å². The van der Waals surface area contributed by atoms with E-state index in [0.717, 1.165) is 12.3 Å². The Hall–Kier alpha value is -0.550. The van der Waals surface area contributed by atoms with Crippen LogP contribution in [0.2, 0.25) is 0 Å². The van der Waals surface area contributed by atoms with Crippen molar-refractivity contribution in [2.24, 2.45) is 5.92 Å². The van der Waals surface area contributed by atoms with Gasteiger partial charge in [0.05, 0.1) is 12.1 Å². The van der Waals surface area contributed by atoms with E-state index >= 15 is 0 Å². The number of hydrogen-bond acceptors (Lipinski definition) is 2. The Bertz CT molecular complexity index is 133. The normalized spacial score (nSPS) is 20.0. The SMILES string of the molecule is CNC(C#N)CCC1CC1. The van der Waals surface area contributed by atoms with Crippen LogP contribution in [0.5, 0.6) is 0 Å². The van der Waals surface area contributed by atoms with Gasteiger partial charge in [-0.15, -0.1) is 0 Å². The van der Waals surface area contributed by atoms with Gasteiger partial charge in [0.15, 0.2) is 0 Å². The van der Waals surface area contributed by atoms with Crippen molar-refractivity contribution >= 4 is 0 Å². The van der Waals surface area contributed by atoms with Crippen LogP contribution in [0.1, 0.15) is 25.7 Å². The molecule has 1 aliphatic carbocycles. The molecule has 1 N–H and O–H groups in total. The average molecular weight is 138 g/mol. The lowest BCUT2D eigenvalue weighted by atomic mass is 10.1. The molecule has 0 bridgehead atoms. The summed E-state index contributed by atoms with van der Waals surface area (Å²) in [6, 6.07) is 2.31. The maximum Gasteiger partial charge on any atom is 0.0950 e. The van der Waals surface area contributed by atoms with Crippen LogP contribution in [-0.2, 0) is 0 Å². The molecule has 0 aromatic rings. The largest absolute Gasteiger partial charge is 0.305 e. The summed E-state index contributed by atoms with van der Waals surface area (Å²) in [6.07, 6.45) is 5.04. The van der Waals surface area contributed by atoms with E-state index in [0.29, 0.717) is 0 Å². The van der Waals surface area contributed by atoms with E-state index in [1.807, 2.05) is 7.05 Å². The summed E-state index contributed by atoms with van der Waals surface area (Å²) in [5.74, 6) is 0.948. The first-order chi connectivity index (χ1) is 4.86. The zero-order chi connectivity index (χ0) is 7.40. The third kappa shape index (κ3) is 2.36. The van der Waals surface area contributed by atoms with E-state index < -0.39 is 0 Å². The van der Waals surface area contributed by atoms with Gasteiger partial charge in [-0.1, -0.05) is 12.8 Å². The smallest absolute Gasteiger partial charge is 0.0950 e. The zero-order valence-corrected chi connectivity index (χ0v) is 6.43. The van der Waals surface area contributed by atoms with Crippen molar-refractivity contribution in [3.05, 3.63) is 0 Å². The molecule has 2 nitrogen and oxygen atoms in total. The lowest BCUT2D eigenvalue weighted by Crippen LogP contribution is -2.22. The van der Waals surface area contributed by atoms with Gasteiger partial charge in [-0.05, 0) is 25.8 Å². The summed E-state index contributed by atoms with van der Waals surface area (Å²) in [4.78, 5) is 0. The van der Waals surface area contributed by atoms with Gasteiger partial charge in [0, 0.05) is 0 Å². The van der Waals surface area contributed by atoms with Gasteiger partial charge >= 0.3 is 0 Å². The van der Waals surface area contributed by atoms with Gasteiger partial charge in [0.2, 0.25) is 0 Å². The average Bonchev–Trinajstić information content (AvgIpc) is 2.74. The van der Waals surface area contributed by atoms with Crippen LogP contribution in [0, 0.1) is 17.2 Å². The van der Waals surface area contributed by atoms with Crippen molar-refractivity contribution in [3.63, 3.8) is 0 Å². The van der Waals surface area contributed by atoms with E-state index in [4.69, 9.17) is 5.26 Å². The molecule has 0 amide bonds. The summed E-state index contributed by atoms with van der Waals surface area (Å²) >= 11 is 0. The summed E-state index contributed by atoms with van der Waals surface area (Å²) in [7, 11) is 1.85. The van der Waals surface area contributed by atoms with E-state index in [9.17, 15) is 0 Å². The minimum Gasteiger partial charge on any atom is -0.305 e. The molecule has 2 heteroatoms. The molecule has 10 heavy (non-hydrogen) atoms. The monoisotopic (exact) mass is 138 g/mol. The number of nitrogens with one attached hydrogen (secondary N) is 1. The van der Waals surface area contributed by atoms with Crippen LogP contribution in [0.3, 0.4) is 0 Å². The highest BCUT2D eigenvalue weighted by molar-refractivity contribution is 4.89. The van der Waals surface area contributed by atoms with E-state index in [-0.39, 0.29) is 6.04 Å². The van der Waals surface area contributed by atoms with Crippen molar-refractivity contribution in [3.8, 4) is 6.07 Å². The minimum absolute atomic E-state index is 0.0839. The number of rotatable bonds is 4. The summed E-state index contributed by atoms with van der Waals surface area (Å²) < 4.78 is 0. The van der Waals surface area contributed by atoms with Gasteiger partial charge in [0.25, 0.3) is 0 Å². The molecule has 1 aliphatic rings. The summed E-state index contributed by atoms with van der Waals surface area (Å²) in [5.41, 5.74) is 0. The van der Waals surface area contributed by atoms with Crippen LogP contribution in [-0.4, -0.2) is 13.1 Å². The molecule has 1 fully saturated rings. The third-order valence-corrected chi connectivity index (χ3v) is 2.06. The fraction of sp³-hybridized carbons (Fsp3) is 0.875. The van der Waals surface area contributed by atoms with E-state index in [1.165, 1.54) is 19.3 Å². The molecule has 0 saturated heterocycles. The van der Waals surface area contributed by atoms with Crippen LogP contribution >= 0.6 is 0 Å². The number of nitrogens with zero attached hydrogens (tertiary/aromatic N) is 1. The van der Waals surface area contributed by atoms with Gasteiger partial charge in [-0.25, -0.2) is 0 Å². The van der Waals surface area contributed by atoms with Gasteiger partial charge in [-0.3, -0.25) is 0 Å². The maximum atomic E-state index is 8.55. The molecule has 0 heterocycles. The molecule has 56 valence electrons. The highest BCUT2D eigenvalue weighted by Gasteiger charge is 2.21. The Morgan fingerprint density at radius 2 is 2.40 bits per heavy atom. The quantitative estimate of drug-likeness (QED) is 0.635. The Balaban J connectivity index is 2.04. The zero-order valence-electron chi connectivity index (χ0n) is 6.43. The second-order valence-electron chi connectivity index (χ2n) is 2.99. The Labute approximate surface area is 62.2 Å². The Morgan fingerprint density at radius 3 is 2.80 bits per heavy atom. The number of hydrogen-bond donors (Lipinski definition) is 1. The molecule has 0 aromatic carbocycles. The fourth-order valence-electron chi connectivity index (χ4n) is 1.08. The molecule has 1 rings (SSSR count). The first-order valence-electron chi connectivity index (χ1n) is 3.93. The predicted molar refractivity (Wildman–Crippen MR) is 40.4 cm³/mol. The summed E-state index contributed by atoms with van der Waals surface area (Å²) in [5, 5.41) is 11.5. The lowest BCUT2D eigenvalue weighted by Gasteiger charge is -2.04. The first kappa shape index (κ1) is 7.56. The first-order valence-corrected chi connectivity index (χ1v) is 3.93. The second-order valence-corrected chi connectivity index (χ2v) is 2.99. The van der Waals surface area contributed by atoms with Gasteiger partial charge in [0.1, 0.15) is 0 Å². The molecule has 1 saturated carbocycles. The molecule has 0 aliphatic heterocycles. The molecule has 0 spiro atoms. The predicted octanol–water partition coefficient (Wildman–Crippen LogP) is 1.29. The van der Waals surface area contributed by atoms with Crippen LogP contribution in [0.25, 0.3) is 0 Å². The summed E-state index contributed by atoms with van der Waals surface area (Å²) in [6.45, 7) is 0. The van der Waals surface area contributed by atoms with Crippen molar-refractivity contribution < 1.29 is 0 Å². The highest BCUT2D eigenvalue weighted by Crippen LogP contribution is 2.33. The lowest BCUT2D eigenvalue weighted by molar-refractivity contribution is 0.564. The van der Waals surface area contributed by atoms with Crippen LogP contribution in [0.15, 0.2) is 0 Å². The van der Waals surface area contributed by atoms with Crippen molar-refractivity contribution in [1.82, 2.24) is 5.32 Å². The molecular formula is C8H14N2. The van der Waals surface area contributed by atoms with Crippen LogP contribution in [0.4, 0.5) is 0 Å². The second kappa shape index (κ2) is 3.58. The van der Waals surface area contributed by atoms with Gasteiger partial charge < -0.3 is 5.32 Å². The molecular weight excluding hydrogens is 124 g/mol. The number of nitriles is 1. The van der Waals surface area contributed by atoms with E-state index in [2.05, 4.69) is 11.4 Å². The third-order valence-electron chi connectivity index (χ3n) is 2.06.